The highest BCUT2D eigenvalue weighted by Gasteiger charge is 2.20. The van der Waals surface area contributed by atoms with Gasteiger partial charge in [-0.05, 0) is 55.9 Å². The maximum atomic E-state index is 9.77. The molecule has 1 saturated heterocycles. The number of piperazine rings is 1. The second-order valence-corrected chi connectivity index (χ2v) is 9.21. The van der Waals surface area contributed by atoms with Crippen LogP contribution in [-0.4, -0.2) is 60.8 Å². The van der Waals surface area contributed by atoms with Crippen LogP contribution >= 0.6 is 0 Å². The smallest absolute Gasteiger partial charge is 0.191 e. The SMILES string of the molecule is CCNC(=NCc1ccccc1CN1CCN(c2ccccc2)CC1)NC1CCC(O)CC1. The minimum absolute atomic E-state index is 0.135. The summed E-state index contributed by atoms with van der Waals surface area (Å²) in [5.74, 6) is 0.880. The minimum Gasteiger partial charge on any atom is -0.393 e. The standard InChI is InChI=1S/C27H39N5O/c1-2-28-27(30-24-12-14-26(33)15-13-24)29-20-22-8-6-7-9-23(22)21-31-16-18-32(19-17-31)25-10-4-3-5-11-25/h3-11,24,26,33H,2,12-21H2,1H3,(H2,28,29,30). The van der Waals surface area contributed by atoms with Crippen molar-refractivity contribution in [1.82, 2.24) is 15.5 Å². The van der Waals surface area contributed by atoms with E-state index < -0.39 is 0 Å². The van der Waals surface area contributed by atoms with E-state index in [2.05, 4.69) is 82.0 Å². The minimum atomic E-state index is -0.135. The largest absolute Gasteiger partial charge is 0.393 e. The number of aliphatic imine (C=N–C) groups is 1. The van der Waals surface area contributed by atoms with Crippen molar-refractivity contribution >= 4 is 11.6 Å². The Hall–Kier alpha value is -2.57. The van der Waals surface area contributed by atoms with E-state index in [1.807, 2.05) is 0 Å². The van der Waals surface area contributed by atoms with Crippen molar-refractivity contribution in [2.45, 2.75) is 57.8 Å². The van der Waals surface area contributed by atoms with Gasteiger partial charge < -0.3 is 20.6 Å². The predicted molar refractivity (Wildman–Crippen MR) is 137 cm³/mol. The Bertz CT molecular complexity index is 871. The van der Waals surface area contributed by atoms with E-state index in [0.29, 0.717) is 12.6 Å². The maximum Gasteiger partial charge on any atom is 0.191 e. The number of anilines is 1. The fourth-order valence-electron chi connectivity index (χ4n) is 4.81. The van der Waals surface area contributed by atoms with Crippen LogP contribution in [0.4, 0.5) is 5.69 Å². The highest BCUT2D eigenvalue weighted by Crippen LogP contribution is 2.20. The number of benzene rings is 2. The third kappa shape index (κ3) is 6.95. The Morgan fingerprint density at radius 3 is 2.27 bits per heavy atom. The van der Waals surface area contributed by atoms with E-state index in [9.17, 15) is 5.11 Å². The maximum absolute atomic E-state index is 9.77. The van der Waals surface area contributed by atoms with Crippen LogP contribution in [0.15, 0.2) is 59.6 Å². The van der Waals surface area contributed by atoms with Crippen molar-refractivity contribution in [2.24, 2.45) is 4.99 Å². The highest BCUT2D eigenvalue weighted by molar-refractivity contribution is 5.80. The highest BCUT2D eigenvalue weighted by atomic mass is 16.3. The van der Waals surface area contributed by atoms with Gasteiger partial charge in [-0.2, -0.15) is 0 Å². The number of guanidine groups is 1. The molecule has 0 radical (unpaired) electrons. The molecule has 6 nitrogen and oxygen atoms in total. The lowest BCUT2D eigenvalue weighted by Gasteiger charge is -2.36. The summed E-state index contributed by atoms with van der Waals surface area (Å²) in [5, 5.41) is 16.7. The molecule has 1 saturated carbocycles. The lowest BCUT2D eigenvalue weighted by Crippen LogP contribution is -2.46. The number of rotatable bonds is 7. The molecule has 2 aromatic carbocycles. The zero-order valence-electron chi connectivity index (χ0n) is 19.9. The molecule has 178 valence electrons. The molecule has 4 rings (SSSR count). The van der Waals surface area contributed by atoms with Gasteiger partial charge in [-0.25, -0.2) is 4.99 Å². The van der Waals surface area contributed by atoms with Crippen LogP contribution in [0.5, 0.6) is 0 Å². The van der Waals surface area contributed by atoms with Gasteiger partial charge in [-0.3, -0.25) is 4.90 Å². The molecule has 1 heterocycles. The molecule has 3 N–H and O–H groups in total. The number of aliphatic hydroxyl groups excluding tert-OH is 1. The normalized spacial score (nSPS) is 22.2. The van der Waals surface area contributed by atoms with Crippen molar-refractivity contribution in [1.29, 1.82) is 0 Å². The van der Waals surface area contributed by atoms with Gasteiger partial charge in [-0.15, -0.1) is 0 Å². The third-order valence-electron chi connectivity index (χ3n) is 6.80. The summed E-state index contributed by atoms with van der Waals surface area (Å²) >= 11 is 0. The van der Waals surface area contributed by atoms with E-state index in [1.165, 1.54) is 16.8 Å². The molecule has 0 unspecified atom stereocenters. The number of hydrogen-bond donors (Lipinski definition) is 3. The fraction of sp³-hybridized carbons (Fsp3) is 0.519. The first-order chi connectivity index (χ1) is 16.2. The number of aliphatic hydroxyl groups is 1. The summed E-state index contributed by atoms with van der Waals surface area (Å²) in [5.41, 5.74) is 3.98. The lowest BCUT2D eigenvalue weighted by atomic mass is 9.93. The van der Waals surface area contributed by atoms with Crippen molar-refractivity contribution in [3.8, 4) is 0 Å². The second-order valence-electron chi connectivity index (χ2n) is 9.21. The predicted octanol–water partition coefficient (Wildman–Crippen LogP) is 3.37. The summed E-state index contributed by atoms with van der Waals surface area (Å²) < 4.78 is 0. The number of nitrogens with zero attached hydrogens (tertiary/aromatic N) is 3. The summed E-state index contributed by atoms with van der Waals surface area (Å²) in [6, 6.07) is 19.8. The molecule has 0 bridgehead atoms. The van der Waals surface area contributed by atoms with E-state index in [1.54, 1.807) is 0 Å². The first kappa shape index (κ1) is 23.6. The average molecular weight is 450 g/mol. The summed E-state index contributed by atoms with van der Waals surface area (Å²) in [7, 11) is 0. The first-order valence-corrected chi connectivity index (χ1v) is 12.5. The van der Waals surface area contributed by atoms with Crippen LogP contribution in [0, 0.1) is 0 Å². The van der Waals surface area contributed by atoms with Gasteiger partial charge in [0, 0.05) is 51.0 Å². The Labute approximate surface area is 198 Å². The zero-order chi connectivity index (χ0) is 22.9. The summed E-state index contributed by atoms with van der Waals surface area (Å²) in [6.07, 6.45) is 3.60. The lowest BCUT2D eigenvalue weighted by molar-refractivity contribution is 0.120. The van der Waals surface area contributed by atoms with Crippen LogP contribution in [0.2, 0.25) is 0 Å². The monoisotopic (exact) mass is 449 g/mol. The van der Waals surface area contributed by atoms with Gasteiger partial charge in [-0.1, -0.05) is 42.5 Å². The fourth-order valence-corrected chi connectivity index (χ4v) is 4.81. The summed E-state index contributed by atoms with van der Waals surface area (Å²) in [4.78, 5) is 9.94. The first-order valence-electron chi connectivity index (χ1n) is 12.5. The van der Waals surface area contributed by atoms with Crippen LogP contribution in [-0.2, 0) is 13.1 Å². The molecule has 2 aliphatic rings. The van der Waals surface area contributed by atoms with Crippen LogP contribution in [0.25, 0.3) is 0 Å². The van der Waals surface area contributed by atoms with E-state index in [0.717, 1.165) is 70.9 Å². The molecule has 0 amide bonds. The molecule has 1 aliphatic heterocycles. The van der Waals surface area contributed by atoms with Gasteiger partial charge in [0.05, 0.1) is 12.6 Å². The Balaban J connectivity index is 1.34. The Morgan fingerprint density at radius 1 is 0.909 bits per heavy atom. The quantitative estimate of drug-likeness (QED) is 0.447. The van der Waals surface area contributed by atoms with Crippen LogP contribution in [0.1, 0.15) is 43.7 Å². The van der Waals surface area contributed by atoms with Gasteiger partial charge in [0.25, 0.3) is 0 Å². The zero-order valence-corrected chi connectivity index (χ0v) is 19.9. The van der Waals surface area contributed by atoms with Crippen molar-refractivity contribution in [3.05, 3.63) is 65.7 Å². The molecule has 0 spiro atoms. The number of hydrogen-bond acceptors (Lipinski definition) is 4. The molecule has 0 aromatic heterocycles. The molecule has 2 fully saturated rings. The van der Waals surface area contributed by atoms with E-state index in [-0.39, 0.29) is 6.10 Å². The Morgan fingerprint density at radius 2 is 1.58 bits per heavy atom. The van der Waals surface area contributed by atoms with Crippen molar-refractivity contribution in [2.75, 3.05) is 37.6 Å². The van der Waals surface area contributed by atoms with E-state index in [4.69, 9.17) is 4.99 Å². The van der Waals surface area contributed by atoms with Gasteiger partial charge >= 0.3 is 0 Å². The van der Waals surface area contributed by atoms with Crippen LogP contribution in [0.3, 0.4) is 0 Å². The molecule has 2 aromatic rings. The number of nitrogens with one attached hydrogen (secondary N) is 2. The number of para-hydroxylation sites is 1. The second kappa shape index (κ2) is 12.1. The molecular formula is C27H39N5O. The van der Waals surface area contributed by atoms with Crippen LogP contribution < -0.4 is 15.5 Å². The third-order valence-corrected chi connectivity index (χ3v) is 6.80. The Kier molecular flexibility index (Phi) is 8.61. The molecule has 1 aliphatic carbocycles. The van der Waals surface area contributed by atoms with Gasteiger partial charge in [0.1, 0.15) is 0 Å². The van der Waals surface area contributed by atoms with Gasteiger partial charge in [0.2, 0.25) is 0 Å². The molecule has 6 heteroatoms. The van der Waals surface area contributed by atoms with E-state index >= 15 is 0 Å². The van der Waals surface area contributed by atoms with Crippen molar-refractivity contribution in [3.63, 3.8) is 0 Å². The topological polar surface area (TPSA) is 63.1 Å². The molecular weight excluding hydrogens is 410 g/mol. The van der Waals surface area contributed by atoms with Crippen molar-refractivity contribution < 1.29 is 5.11 Å². The average Bonchev–Trinajstić information content (AvgIpc) is 2.86. The summed E-state index contributed by atoms with van der Waals surface area (Å²) in [6.45, 7) is 8.86. The molecule has 0 atom stereocenters. The van der Waals surface area contributed by atoms with Gasteiger partial charge in [0.15, 0.2) is 5.96 Å². The molecule has 33 heavy (non-hydrogen) atoms.